The average Bonchev–Trinajstić information content (AvgIpc) is 3.14. The maximum atomic E-state index is 12.1. The van der Waals surface area contributed by atoms with Crippen molar-refractivity contribution >= 4 is 28.2 Å². The molecule has 0 radical (unpaired) electrons. The van der Waals surface area contributed by atoms with Crippen LogP contribution in [-0.4, -0.2) is 40.1 Å². The summed E-state index contributed by atoms with van der Waals surface area (Å²) >= 11 is 1.33. The maximum Gasteiger partial charge on any atom is 0.325 e. The van der Waals surface area contributed by atoms with E-state index < -0.39 is 11.9 Å². The second-order valence-electron chi connectivity index (χ2n) is 6.10. The molecule has 152 valence electrons. The van der Waals surface area contributed by atoms with Crippen LogP contribution in [0.15, 0.2) is 35.1 Å². The number of hydrogen-bond acceptors (Lipinski definition) is 8. The van der Waals surface area contributed by atoms with E-state index in [1.807, 2.05) is 6.92 Å². The normalized spacial score (nSPS) is 10.7. The van der Waals surface area contributed by atoms with Gasteiger partial charge in [-0.15, -0.1) is 0 Å². The Bertz CT molecular complexity index is 1090. The summed E-state index contributed by atoms with van der Waals surface area (Å²) in [5, 5.41) is 7.53. The smallest absolute Gasteiger partial charge is 0.325 e. The van der Waals surface area contributed by atoms with Crippen LogP contribution in [0.1, 0.15) is 34.4 Å². The lowest BCUT2D eigenvalue weighted by Gasteiger charge is -2.07. The van der Waals surface area contributed by atoms with Crippen LogP contribution in [0, 0.1) is 0 Å². The molecular weight excluding hydrogens is 396 g/mol. The molecule has 3 rings (SSSR count). The zero-order valence-electron chi connectivity index (χ0n) is 16.0. The number of aryl methyl sites for hydroxylation is 1. The van der Waals surface area contributed by atoms with Crippen LogP contribution >= 0.6 is 11.3 Å². The Labute approximate surface area is 170 Å². The Morgan fingerprint density at radius 1 is 1.28 bits per heavy atom. The Hall–Kier alpha value is -3.27. The lowest BCUT2D eigenvalue weighted by Crippen LogP contribution is -2.30. The van der Waals surface area contributed by atoms with Gasteiger partial charge in [0.15, 0.2) is 0 Å². The molecule has 1 N–H and O–H groups in total. The number of fused-ring (bicyclic) bond motifs is 1. The summed E-state index contributed by atoms with van der Waals surface area (Å²) < 4.78 is 11.4. The topological polar surface area (TPSA) is 112 Å². The standard InChI is InChI=1S/C19H20N4O5S/c1-3-5-15-22-23-16(24)9-13(21-19(23)29-15)11-28-17(25)10-20-18(26)12-6-4-7-14(8-12)27-2/h4,6-9H,3,5,10-11H2,1-2H3,(H,20,26). The molecule has 0 aliphatic carbocycles. The van der Waals surface area contributed by atoms with Crippen LogP contribution in [-0.2, 0) is 22.6 Å². The number of methoxy groups -OCH3 is 1. The number of nitrogens with zero attached hydrogens (tertiary/aromatic N) is 3. The molecule has 0 spiro atoms. The molecule has 2 aromatic heterocycles. The average molecular weight is 416 g/mol. The highest BCUT2D eigenvalue weighted by atomic mass is 32.1. The highest BCUT2D eigenvalue weighted by Gasteiger charge is 2.12. The predicted molar refractivity (Wildman–Crippen MR) is 106 cm³/mol. The summed E-state index contributed by atoms with van der Waals surface area (Å²) in [4.78, 5) is 40.9. The summed E-state index contributed by atoms with van der Waals surface area (Å²) in [6.45, 7) is 1.55. The number of esters is 1. The van der Waals surface area contributed by atoms with Crippen LogP contribution in [0.25, 0.3) is 4.96 Å². The van der Waals surface area contributed by atoms with Crippen LogP contribution in [0.4, 0.5) is 0 Å². The van der Waals surface area contributed by atoms with Crippen molar-refractivity contribution in [3.05, 3.63) is 57.0 Å². The van der Waals surface area contributed by atoms with Gasteiger partial charge < -0.3 is 14.8 Å². The zero-order valence-corrected chi connectivity index (χ0v) is 16.8. The third-order valence-corrected chi connectivity index (χ3v) is 4.88. The number of carbonyl (C=O) groups is 2. The molecule has 1 aromatic carbocycles. The summed E-state index contributed by atoms with van der Waals surface area (Å²) in [7, 11) is 1.50. The molecule has 0 bridgehead atoms. The molecule has 10 heteroatoms. The Balaban J connectivity index is 1.56. The molecule has 0 aliphatic rings. The number of amides is 1. The third-order valence-electron chi connectivity index (χ3n) is 3.91. The van der Waals surface area contributed by atoms with Gasteiger partial charge in [0, 0.05) is 18.1 Å². The van der Waals surface area contributed by atoms with Crippen molar-refractivity contribution in [3.63, 3.8) is 0 Å². The minimum absolute atomic E-state index is 0.166. The van der Waals surface area contributed by atoms with Crippen molar-refractivity contribution < 1.29 is 19.1 Å². The molecule has 0 unspecified atom stereocenters. The number of carbonyl (C=O) groups excluding carboxylic acids is 2. The minimum atomic E-state index is -0.640. The molecule has 29 heavy (non-hydrogen) atoms. The maximum absolute atomic E-state index is 12.1. The zero-order chi connectivity index (χ0) is 20.8. The lowest BCUT2D eigenvalue weighted by molar-refractivity contribution is -0.143. The summed E-state index contributed by atoms with van der Waals surface area (Å²) in [5.41, 5.74) is 0.366. The van der Waals surface area contributed by atoms with Gasteiger partial charge in [-0.3, -0.25) is 14.4 Å². The van der Waals surface area contributed by atoms with E-state index >= 15 is 0 Å². The van der Waals surface area contributed by atoms with Crippen molar-refractivity contribution in [1.29, 1.82) is 0 Å². The first-order valence-electron chi connectivity index (χ1n) is 8.96. The van der Waals surface area contributed by atoms with Gasteiger partial charge >= 0.3 is 5.97 Å². The molecule has 0 atom stereocenters. The molecule has 2 heterocycles. The van der Waals surface area contributed by atoms with Crippen LogP contribution < -0.4 is 15.6 Å². The van der Waals surface area contributed by atoms with E-state index in [0.717, 1.165) is 17.8 Å². The van der Waals surface area contributed by atoms with Crippen LogP contribution in [0.5, 0.6) is 5.75 Å². The fourth-order valence-electron chi connectivity index (χ4n) is 2.51. The molecular formula is C19H20N4O5S. The van der Waals surface area contributed by atoms with Crippen molar-refractivity contribution in [3.8, 4) is 5.75 Å². The van der Waals surface area contributed by atoms with E-state index in [2.05, 4.69) is 15.4 Å². The largest absolute Gasteiger partial charge is 0.497 e. The Morgan fingerprint density at radius 3 is 2.86 bits per heavy atom. The van der Waals surface area contributed by atoms with Gasteiger partial charge in [0.25, 0.3) is 11.5 Å². The van der Waals surface area contributed by atoms with E-state index in [4.69, 9.17) is 9.47 Å². The van der Waals surface area contributed by atoms with E-state index in [0.29, 0.717) is 22.0 Å². The highest BCUT2D eigenvalue weighted by Crippen LogP contribution is 2.14. The van der Waals surface area contributed by atoms with Gasteiger partial charge in [-0.25, -0.2) is 4.98 Å². The first-order valence-corrected chi connectivity index (χ1v) is 9.78. The lowest BCUT2D eigenvalue weighted by atomic mass is 10.2. The number of aromatic nitrogens is 3. The molecule has 0 saturated carbocycles. The monoisotopic (exact) mass is 416 g/mol. The first kappa shape index (κ1) is 20.5. The van der Waals surface area contributed by atoms with Crippen molar-refractivity contribution in [2.24, 2.45) is 0 Å². The number of ether oxygens (including phenoxy) is 2. The van der Waals surface area contributed by atoms with Crippen LogP contribution in [0.3, 0.4) is 0 Å². The highest BCUT2D eigenvalue weighted by molar-refractivity contribution is 7.16. The number of benzene rings is 1. The van der Waals surface area contributed by atoms with Gasteiger partial charge in [-0.2, -0.15) is 9.61 Å². The minimum Gasteiger partial charge on any atom is -0.497 e. The van der Waals surface area contributed by atoms with Gasteiger partial charge in [0.1, 0.15) is 23.9 Å². The first-order chi connectivity index (χ1) is 14.0. The second kappa shape index (κ2) is 9.28. The van der Waals surface area contributed by atoms with Gasteiger partial charge in [0.2, 0.25) is 4.96 Å². The molecule has 1 amide bonds. The molecule has 0 saturated heterocycles. The van der Waals surface area contributed by atoms with Crippen molar-refractivity contribution in [2.45, 2.75) is 26.4 Å². The fraction of sp³-hybridized carbons (Fsp3) is 0.316. The summed E-state index contributed by atoms with van der Waals surface area (Å²) in [5.74, 6) is -0.524. The summed E-state index contributed by atoms with van der Waals surface area (Å²) in [6.07, 6.45) is 1.69. The van der Waals surface area contributed by atoms with Gasteiger partial charge in [-0.05, 0) is 24.6 Å². The van der Waals surface area contributed by atoms with E-state index in [1.54, 1.807) is 24.3 Å². The SMILES string of the molecule is CCCc1nn2c(=O)cc(COC(=O)CNC(=O)c3cccc(OC)c3)nc2s1. The molecule has 0 aliphatic heterocycles. The van der Waals surface area contributed by atoms with Crippen molar-refractivity contribution in [2.75, 3.05) is 13.7 Å². The van der Waals surface area contributed by atoms with E-state index in [-0.39, 0.29) is 18.7 Å². The van der Waals surface area contributed by atoms with Crippen LogP contribution in [0.2, 0.25) is 0 Å². The quantitative estimate of drug-likeness (QED) is 0.555. The number of rotatable bonds is 8. The van der Waals surface area contributed by atoms with Gasteiger partial charge in [0.05, 0.1) is 12.8 Å². The Kier molecular flexibility index (Phi) is 6.55. The van der Waals surface area contributed by atoms with E-state index in [1.165, 1.54) is 29.0 Å². The van der Waals surface area contributed by atoms with Crippen molar-refractivity contribution in [1.82, 2.24) is 19.9 Å². The number of hydrogen-bond donors (Lipinski definition) is 1. The van der Waals surface area contributed by atoms with E-state index in [9.17, 15) is 14.4 Å². The molecule has 3 aromatic rings. The second-order valence-corrected chi connectivity index (χ2v) is 7.14. The third kappa shape index (κ3) is 5.17. The predicted octanol–water partition coefficient (Wildman–Crippen LogP) is 1.59. The Morgan fingerprint density at radius 2 is 2.10 bits per heavy atom. The fourth-order valence-corrected chi connectivity index (χ4v) is 3.53. The van der Waals surface area contributed by atoms with Gasteiger partial charge in [-0.1, -0.05) is 24.3 Å². The molecule has 9 nitrogen and oxygen atoms in total. The molecule has 0 fully saturated rings. The number of nitrogens with one attached hydrogen (secondary N) is 1. The summed E-state index contributed by atoms with van der Waals surface area (Å²) in [6, 6.07) is 7.85.